The molecule has 4 heterocycles. The molecule has 2 fully saturated rings. The average Bonchev–Trinajstić information content (AvgIpc) is 3.52. The number of ether oxygens (including phenoxy) is 2. The van der Waals surface area contributed by atoms with E-state index in [9.17, 15) is 31.5 Å². The third kappa shape index (κ3) is 8.46. The molecule has 2 atom stereocenters. The monoisotopic (exact) mass is 892 g/mol. The maximum Gasteiger partial charge on any atom is 0.437 e. The standard InChI is InChI=1S/C42H38ClF5N10O5/c1-39(2,3)21-41(27-11-13-29-25(17-27)10-14-32-49-22-51-57(29)32)35(59)56(36(54-41)53-37(60)62-19-24-7-5-4-6-8-24)31(20-63-38(61)55-40(15-16-40)42(46,47)48)26-9-12-28(43)30(18-26)58-34(33(44)45)50-23-52-58/h4-14,17-18,22-23,31,33H,15-16,19-21H2,1-3H3,(H,55,61)(H,53,54,60)/t31-,41-/m1/s1. The Kier molecular flexibility index (Phi) is 11.1. The van der Waals surface area contributed by atoms with Crippen molar-refractivity contribution in [3.8, 4) is 5.69 Å². The van der Waals surface area contributed by atoms with Gasteiger partial charge in [0.1, 0.15) is 36.9 Å². The Morgan fingerprint density at radius 1 is 0.952 bits per heavy atom. The molecule has 3 amide bonds. The highest BCUT2D eigenvalue weighted by atomic mass is 35.5. The molecule has 2 N–H and O–H groups in total. The molecule has 3 aromatic carbocycles. The van der Waals surface area contributed by atoms with Crippen molar-refractivity contribution in [3.05, 3.63) is 119 Å². The molecule has 8 rings (SSSR count). The lowest BCUT2D eigenvalue weighted by Crippen LogP contribution is -2.49. The van der Waals surface area contributed by atoms with Crippen molar-refractivity contribution >= 4 is 52.2 Å². The normalized spacial score (nSPS) is 18.5. The molecule has 63 heavy (non-hydrogen) atoms. The van der Waals surface area contributed by atoms with Gasteiger partial charge in [0.25, 0.3) is 12.3 Å². The van der Waals surface area contributed by atoms with Gasteiger partial charge < -0.3 is 20.1 Å². The Morgan fingerprint density at radius 2 is 1.70 bits per heavy atom. The lowest BCUT2D eigenvalue weighted by atomic mass is 9.75. The Bertz CT molecular complexity index is 2750. The van der Waals surface area contributed by atoms with E-state index in [0.717, 1.165) is 15.9 Å². The van der Waals surface area contributed by atoms with E-state index in [-0.39, 0.29) is 48.1 Å². The van der Waals surface area contributed by atoms with Gasteiger partial charge in [0, 0.05) is 5.39 Å². The maximum absolute atomic E-state index is 15.7. The van der Waals surface area contributed by atoms with Crippen LogP contribution in [0.4, 0.5) is 31.5 Å². The van der Waals surface area contributed by atoms with Crippen LogP contribution in [0.2, 0.25) is 5.02 Å². The summed E-state index contributed by atoms with van der Waals surface area (Å²) in [6, 6.07) is 20.0. The van der Waals surface area contributed by atoms with Gasteiger partial charge in [-0.3, -0.25) is 9.69 Å². The first-order chi connectivity index (χ1) is 29.9. The first kappa shape index (κ1) is 43.0. The number of amides is 3. The number of guanidine groups is 1. The molecule has 1 aliphatic carbocycles. The predicted molar refractivity (Wildman–Crippen MR) is 217 cm³/mol. The summed E-state index contributed by atoms with van der Waals surface area (Å²) in [6.45, 7) is 4.64. The van der Waals surface area contributed by atoms with Crippen LogP contribution in [0.15, 0.2) is 96.5 Å². The maximum atomic E-state index is 15.7. The number of carbonyl (C=O) groups is 3. The van der Waals surface area contributed by atoms with Crippen LogP contribution >= 0.6 is 11.6 Å². The second kappa shape index (κ2) is 16.2. The minimum Gasteiger partial charge on any atom is -0.447 e. The summed E-state index contributed by atoms with van der Waals surface area (Å²) in [5.74, 6) is -1.86. The zero-order chi connectivity index (χ0) is 44.9. The van der Waals surface area contributed by atoms with Gasteiger partial charge in [-0.25, -0.2) is 37.5 Å². The third-order valence-corrected chi connectivity index (χ3v) is 11.1. The molecular formula is C42H38ClF5N10O5. The molecule has 1 aliphatic heterocycles. The van der Waals surface area contributed by atoms with Crippen molar-refractivity contribution < 1.29 is 45.8 Å². The number of aliphatic imine (C=N–C) groups is 1. The van der Waals surface area contributed by atoms with E-state index in [1.54, 1.807) is 65.2 Å². The number of halogens is 6. The van der Waals surface area contributed by atoms with Crippen LogP contribution in [0.1, 0.15) is 75.0 Å². The van der Waals surface area contributed by atoms with E-state index in [2.05, 4.69) is 30.5 Å². The number of pyridine rings is 1. The quantitative estimate of drug-likeness (QED) is 0.121. The Labute approximate surface area is 360 Å². The molecule has 328 valence electrons. The second-order valence-corrected chi connectivity index (χ2v) is 16.8. The van der Waals surface area contributed by atoms with E-state index in [4.69, 9.17) is 21.1 Å². The lowest BCUT2D eigenvalue weighted by molar-refractivity contribution is -0.164. The van der Waals surface area contributed by atoms with Crippen LogP contribution in [-0.4, -0.2) is 76.6 Å². The van der Waals surface area contributed by atoms with E-state index in [1.165, 1.54) is 24.5 Å². The second-order valence-electron chi connectivity index (χ2n) is 16.4. The van der Waals surface area contributed by atoms with Crippen molar-refractivity contribution in [2.24, 2.45) is 10.4 Å². The molecular weight excluding hydrogens is 855 g/mol. The van der Waals surface area contributed by atoms with E-state index in [1.807, 2.05) is 26.1 Å². The van der Waals surface area contributed by atoms with Crippen LogP contribution in [-0.2, 0) is 26.4 Å². The number of carbonyl (C=O) groups excluding carboxylic acids is 3. The minimum absolute atomic E-state index is 0.0639. The molecule has 1 saturated heterocycles. The number of alkyl carbamates (subject to hydrolysis) is 1. The molecule has 21 heteroatoms. The average molecular weight is 893 g/mol. The highest BCUT2D eigenvalue weighted by Crippen LogP contribution is 2.49. The number of hydrogen-bond donors (Lipinski definition) is 2. The topological polar surface area (TPSA) is 170 Å². The Morgan fingerprint density at radius 3 is 2.40 bits per heavy atom. The summed E-state index contributed by atoms with van der Waals surface area (Å²) in [7, 11) is 0. The lowest BCUT2D eigenvalue weighted by Gasteiger charge is -2.35. The van der Waals surface area contributed by atoms with Crippen molar-refractivity contribution in [2.45, 2.75) is 76.4 Å². The summed E-state index contributed by atoms with van der Waals surface area (Å²) < 4.78 is 83.4. The van der Waals surface area contributed by atoms with Crippen LogP contribution in [0, 0.1) is 5.41 Å². The summed E-state index contributed by atoms with van der Waals surface area (Å²) in [5, 5.41) is 13.9. The minimum atomic E-state index is -4.78. The van der Waals surface area contributed by atoms with Crippen molar-refractivity contribution in [2.75, 3.05) is 6.61 Å². The van der Waals surface area contributed by atoms with Gasteiger partial charge in [-0.05, 0) is 77.8 Å². The van der Waals surface area contributed by atoms with Crippen molar-refractivity contribution in [1.29, 1.82) is 0 Å². The first-order valence-corrected chi connectivity index (χ1v) is 19.9. The smallest absolute Gasteiger partial charge is 0.437 e. The molecule has 0 spiro atoms. The van der Waals surface area contributed by atoms with E-state index < -0.39 is 65.7 Å². The van der Waals surface area contributed by atoms with Crippen LogP contribution in [0.5, 0.6) is 0 Å². The van der Waals surface area contributed by atoms with Gasteiger partial charge in [0.2, 0.25) is 5.96 Å². The number of benzene rings is 3. The van der Waals surface area contributed by atoms with Gasteiger partial charge in [-0.2, -0.15) is 23.4 Å². The van der Waals surface area contributed by atoms with Gasteiger partial charge in [-0.1, -0.05) is 74.8 Å². The molecule has 0 unspecified atom stereocenters. The highest BCUT2D eigenvalue weighted by molar-refractivity contribution is 6.32. The molecule has 6 aromatic rings. The zero-order valence-corrected chi connectivity index (χ0v) is 34.5. The van der Waals surface area contributed by atoms with Gasteiger partial charge in [-0.15, -0.1) is 4.99 Å². The molecule has 0 radical (unpaired) electrons. The largest absolute Gasteiger partial charge is 0.447 e. The first-order valence-electron chi connectivity index (χ1n) is 19.5. The molecule has 15 nitrogen and oxygen atoms in total. The molecule has 0 bridgehead atoms. The third-order valence-electron chi connectivity index (χ3n) is 10.7. The van der Waals surface area contributed by atoms with Crippen molar-refractivity contribution in [3.63, 3.8) is 0 Å². The number of nitrogens with zero attached hydrogens (tertiary/aromatic N) is 8. The van der Waals surface area contributed by atoms with E-state index >= 15 is 4.79 Å². The summed E-state index contributed by atoms with van der Waals surface area (Å²) in [4.78, 5) is 55.7. The number of rotatable bonds is 11. The highest BCUT2D eigenvalue weighted by Gasteiger charge is 2.65. The predicted octanol–water partition coefficient (Wildman–Crippen LogP) is 8.37. The number of fused-ring (bicyclic) bond motifs is 3. The Hall–Kier alpha value is -6.70. The number of hydrogen-bond acceptors (Lipinski definition) is 9. The molecule has 2 aliphatic rings. The van der Waals surface area contributed by atoms with Crippen LogP contribution in [0.25, 0.3) is 22.2 Å². The fourth-order valence-electron chi connectivity index (χ4n) is 7.68. The number of alkyl halides is 5. The summed E-state index contributed by atoms with van der Waals surface area (Å²) >= 11 is 6.54. The van der Waals surface area contributed by atoms with Gasteiger partial charge >= 0.3 is 18.4 Å². The summed E-state index contributed by atoms with van der Waals surface area (Å²) in [6.07, 6.45) is -8.84. The zero-order valence-electron chi connectivity index (χ0n) is 33.7. The fraction of sp³-hybridized carbons (Fsp3) is 0.333. The van der Waals surface area contributed by atoms with Crippen LogP contribution in [0.3, 0.4) is 0 Å². The number of aromatic nitrogens is 6. The van der Waals surface area contributed by atoms with Gasteiger partial charge in [0.15, 0.2) is 11.5 Å². The Balaban J connectivity index is 1.28. The van der Waals surface area contributed by atoms with Gasteiger partial charge in [0.05, 0.1) is 22.3 Å². The number of nitrogens with one attached hydrogen (secondary N) is 2. The molecule has 1 saturated carbocycles. The molecule has 3 aromatic heterocycles. The SMILES string of the molecule is CC(C)(C)C[C@]1(c2ccc3c(ccc4ncnn43)c2)N/C(=N\C(=O)OCc2ccccc2)N([C@H](COC(=O)NC2(C(F)(F)F)CC2)c2ccc(Cl)c(-n3ncnc3C(F)F)c2)C1=O. The van der Waals surface area contributed by atoms with Crippen molar-refractivity contribution in [1.82, 2.24) is 44.9 Å². The summed E-state index contributed by atoms with van der Waals surface area (Å²) in [5.41, 5.74) is -2.62. The van der Waals surface area contributed by atoms with Crippen LogP contribution < -0.4 is 10.6 Å². The fourth-order valence-corrected chi connectivity index (χ4v) is 7.88. The van der Waals surface area contributed by atoms with E-state index in [0.29, 0.717) is 27.7 Å².